The SMILES string of the molecule is C#CC(CC)(CC)NC(=O)CSc1nnc(-c2ccc(OC)cc2OC)n1N. The van der Waals surface area contributed by atoms with E-state index in [1.54, 1.807) is 32.4 Å². The third kappa shape index (κ3) is 4.51. The molecule has 9 heteroatoms. The maximum atomic E-state index is 12.3. The van der Waals surface area contributed by atoms with Crippen LogP contribution in [0.3, 0.4) is 0 Å². The number of hydrogen-bond acceptors (Lipinski definition) is 7. The molecule has 0 bridgehead atoms. The number of benzene rings is 1. The molecule has 1 amide bonds. The Bertz CT molecular complexity index is 871. The van der Waals surface area contributed by atoms with Gasteiger partial charge >= 0.3 is 0 Å². The molecular formula is C19H25N5O3S. The van der Waals surface area contributed by atoms with Crippen molar-refractivity contribution in [3.8, 4) is 35.2 Å². The number of nitrogen functional groups attached to an aromatic ring is 1. The molecule has 1 aromatic heterocycles. The molecular weight excluding hydrogens is 378 g/mol. The van der Waals surface area contributed by atoms with Crippen molar-refractivity contribution in [2.24, 2.45) is 0 Å². The van der Waals surface area contributed by atoms with E-state index < -0.39 is 5.54 Å². The number of nitrogens with two attached hydrogens (primary N) is 1. The molecule has 0 aliphatic carbocycles. The van der Waals surface area contributed by atoms with E-state index in [9.17, 15) is 4.79 Å². The summed E-state index contributed by atoms with van der Waals surface area (Å²) in [4.78, 5) is 12.3. The summed E-state index contributed by atoms with van der Waals surface area (Å²) in [5.74, 6) is 10.4. The monoisotopic (exact) mass is 403 g/mol. The van der Waals surface area contributed by atoms with Crippen molar-refractivity contribution in [3.05, 3.63) is 18.2 Å². The summed E-state index contributed by atoms with van der Waals surface area (Å²) < 4.78 is 11.9. The second kappa shape index (κ2) is 9.37. The first-order valence-corrected chi connectivity index (χ1v) is 9.76. The zero-order valence-corrected chi connectivity index (χ0v) is 17.3. The number of carbonyl (C=O) groups is 1. The van der Waals surface area contributed by atoms with Gasteiger partial charge < -0.3 is 20.6 Å². The smallest absolute Gasteiger partial charge is 0.231 e. The van der Waals surface area contributed by atoms with E-state index in [2.05, 4.69) is 21.4 Å². The number of nitrogens with zero attached hydrogens (tertiary/aromatic N) is 3. The molecule has 28 heavy (non-hydrogen) atoms. The minimum atomic E-state index is -0.629. The Morgan fingerprint density at radius 2 is 2.04 bits per heavy atom. The lowest BCUT2D eigenvalue weighted by Crippen LogP contribution is -2.47. The predicted molar refractivity (Wildman–Crippen MR) is 110 cm³/mol. The van der Waals surface area contributed by atoms with Crippen molar-refractivity contribution >= 4 is 17.7 Å². The Balaban J connectivity index is 2.14. The number of ether oxygens (including phenoxy) is 2. The van der Waals surface area contributed by atoms with E-state index in [1.165, 1.54) is 16.4 Å². The van der Waals surface area contributed by atoms with Gasteiger partial charge in [0.05, 0.1) is 25.5 Å². The molecule has 0 spiro atoms. The molecule has 0 saturated carbocycles. The molecule has 8 nitrogen and oxygen atoms in total. The van der Waals surface area contributed by atoms with Gasteiger partial charge in [-0.25, -0.2) is 4.68 Å². The van der Waals surface area contributed by atoms with Crippen LogP contribution in [0.1, 0.15) is 26.7 Å². The predicted octanol–water partition coefficient (Wildman–Crippen LogP) is 2.08. The molecule has 0 saturated heterocycles. The molecule has 0 aliphatic rings. The Hall–Kier alpha value is -2.86. The van der Waals surface area contributed by atoms with E-state index in [4.69, 9.17) is 21.7 Å². The minimum absolute atomic E-state index is 0.124. The van der Waals surface area contributed by atoms with E-state index in [1.807, 2.05) is 13.8 Å². The van der Waals surface area contributed by atoms with E-state index in [0.29, 0.717) is 40.9 Å². The van der Waals surface area contributed by atoms with Gasteiger partial charge in [0.25, 0.3) is 0 Å². The average Bonchev–Trinajstić information content (AvgIpc) is 3.10. The number of aromatic nitrogens is 3. The summed E-state index contributed by atoms with van der Waals surface area (Å²) in [6, 6.07) is 5.30. The van der Waals surface area contributed by atoms with Crippen LogP contribution in [0.15, 0.2) is 23.4 Å². The maximum absolute atomic E-state index is 12.3. The number of methoxy groups -OCH3 is 2. The van der Waals surface area contributed by atoms with E-state index >= 15 is 0 Å². The summed E-state index contributed by atoms with van der Waals surface area (Å²) in [7, 11) is 3.13. The number of carbonyl (C=O) groups excluding carboxylic acids is 1. The third-order valence-corrected chi connectivity index (χ3v) is 5.45. The van der Waals surface area contributed by atoms with Crippen molar-refractivity contribution in [1.82, 2.24) is 20.2 Å². The van der Waals surface area contributed by atoms with Crippen molar-refractivity contribution in [1.29, 1.82) is 0 Å². The lowest BCUT2D eigenvalue weighted by Gasteiger charge is -2.26. The van der Waals surface area contributed by atoms with E-state index in [0.717, 1.165) is 0 Å². The maximum Gasteiger partial charge on any atom is 0.231 e. The number of hydrogen-bond donors (Lipinski definition) is 2. The molecule has 0 atom stereocenters. The van der Waals surface area contributed by atoms with Gasteiger partial charge in [-0.3, -0.25) is 4.79 Å². The van der Waals surface area contributed by atoms with Crippen LogP contribution in [-0.2, 0) is 4.79 Å². The largest absolute Gasteiger partial charge is 0.497 e. The fourth-order valence-electron chi connectivity index (χ4n) is 2.64. The van der Waals surface area contributed by atoms with Crippen LogP contribution in [0.4, 0.5) is 0 Å². The van der Waals surface area contributed by atoms with Gasteiger partial charge in [-0.05, 0) is 25.0 Å². The van der Waals surface area contributed by atoms with Crippen LogP contribution < -0.4 is 20.6 Å². The first-order chi connectivity index (χ1) is 13.4. The molecule has 2 aromatic rings. The summed E-state index contributed by atoms with van der Waals surface area (Å²) in [6.07, 6.45) is 6.90. The first kappa shape index (κ1) is 21.4. The van der Waals surface area contributed by atoms with Crippen LogP contribution in [0.2, 0.25) is 0 Å². The second-order valence-electron chi connectivity index (χ2n) is 6.01. The second-order valence-corrected chi connectivity index (χ2v) is 6.96. The van der Waals surface area contributed by atoms with E-state index in [-0.39, 0.29) is 11.7 Å². The molecule has 3 N–H and O–H groups in total. The van der Waals surface area contributed by atoms with Crippen LogP contribution in [-0.4, -0.2) is 46.3 Å². The fourth-order valence-corrected chi connectivity index (χ4v) is 3.30. The zero-order valence-electron chi connectivity index (χ0n) is 16.5. The van der Waals surface area contributed by atoms with Gasteiger partial charge in [-0.1, -0.05) is 31.5 Å². The van der Waals surface area contributed by atoms with Gasteiger partial charge in [-0.2, -0.15) is 0 Å². The quantitative estimate of drug-likeness (QED) is 0.375. The van der Waals surface area contributed by atoms with Crippen molar-refractivity contribution in [3.63, 3.8) is 0 Å². The summed E-state index contributed by atoms with van der Waals surface area (Å²) in [6.45, 7) is 3.89. The lowest BCUT2D eigenvalue weighted by molar-refractivity contribution is -0.119. The number of thioether (sulfide) groups is 1. The Morgan fingerprint density at radius 1 is 1.32 bits per heavy atom. The average molecular weight is 404 g/mol. The molecule has 0 radical (unpaired) electrons. The first-order valence-electron chi connectivity index (χ1n) is 8.78. The fraction of sp³-hybridized carbons (Fsp3) is 0.421. The number of rotatable bonds is 9. The Kier molecular flexibility index (Phi) is 7.18. The molecule has 0 unspecified atom stereocenters. The Morgan fingerprint density at radius 3 is 2.61 bits per heavy atom. The number of terminal acetylenes is 1. The lowest BCUT2D eigenvalue weighted by atomic mass is 9.94. The Labute approximate surface area is 169 Å². The van der Waals surface area contributed by atoms with Gasteiger partial charge in [0.15, 0.2) is 5.82 Å². The molecule has 1 heterocycles. The van der Waals surface area contributed by atoms with Crippen molar-refractivity contribution in [2.45, 2.75) is 37.4 Å². The molecule has 0 aliphatic heterocycles. The summed E-state index contributed by atoms with van der Waals surface area (Å²) in [5, 5.41) is 11.5. The third-order valence-electron chi connectivity index (χ3n) is 4.51. The summed E-state index contributed by atoms with van der Waals surface area (Å²) in [5.41, 5.74) is 0.0354. The van der Waals surface area contributed by atoms with Crippen LogP contribution in [0.25, 0.3) is 11.4 Å². The zero-order chi connectivity index (χ0) is 20.7. The topological polar surface area (TPSA) is 104 Å². The molecule has 2 rings (SSSR count). The molecule has 1 aromatic carbocycles. The van der Waals surface area contributed by atoms with Crippen molar-refractivity contribution < 1.29 is 14.3 Å². The van der Waals surface area contributed by atoms with Crippen LogP contribution in [0.5, 0.6) is 11.5 Å². The standard InChI is InChI=1S/C19H25N5O3S/c1-6-19(7-2,8-3)21-16(25)12-28-18-23-22-17(24(18)20)14-10-9-13(26-4)11-15(14)27-5/h1,9-11H,7-8,12,20H2,2-5H3,(H,21,25). The number of amides is 1. The van der Waals surface area contributed by atoms with Gasteiger partial charge in [0.2, 0.25) is 11.1 Å². The highest BCUT2D eigenvalue weighted by molar-refractivity contribution is 7.99. The molecule has 0 fully saturated rings. The molecule has 150 valence electrons. The minimum Gasteiger partial charge on any atom is -0.497 e. The van der Waals surface area contributed by atoms with Gasteiger partial charge in [-0.15, -0.1) is 16.6 Å². The van der Waals surface area contributed by atoms with Gasteiger partial charge in [0.1, 0.15) is 17.0 Å². The van der Waals surface area contributed by atoms with Crippen LogP contribution >= 0.6 is 11.8 Å². The number of nitrogens with one attached hydrogen (secondary N) is 1. The van der Waals surface area contributed by atoms with Crippen molar-refractivity contribution in [2.75, 3.05) is 25.8 Å². The summed E-state index contributed by atoms with van der Waals surface area (Å²) >= 11 is 1.18. The normalized spacial score (nSPS) is 11.0. The highest BCUT2D eigenvalue weighted by atomic mass is 32.2. The van der Waals surface area contributed by atoms with Gasteiger partial charge in [0, 0.05) is 6.07 Å². The van der Waals surface area contributed by atoms with Crippen LogP contribution in [0, 0.1) is 12.3 Å². The highest BCUT2D eigenvalue weighted by Gasteiger charge is 2.25. The highest BCUT2D eigenvalue weighted by Crippen LogP contribution is 2.32.